The summed E-state index contributed by atoms with van der Waals surface area (Å²) >= 11 is 4.64. The number of para-hydroxylation sites is 1. The number of nitrogens with zero attached hydrogens (tertiary/aromatic N) is 4. The lowest BCUT2D eigenvalue weighted by atomic mass is 10.2. The third-order valence-corrected chi connectivity index (χ3v) is 8.79. The molecule has 168 valence electrons. The molecule has 4 aromatic rings. The van der Waals surface area contributed by atoms with Gasteiger partial charge in [0.1, 0.15) is 15.9 Å². The van der Waals surface area contributed by atoms with E-state index in [1.807, 2.05) is 36.4 Å². The van der Waals surface area contributed by atoms with E-state index in [1.165, 1.54) is 21.7 Å². The Bertz CT molecular complexity index is 1430. The summed E-state index contributed by atoms with van der Waals surface area (Å²) in [7, 11) is -3.92. The average Bonchev–Trinajstić information content (AvgIpc) is 3.49. The number of aromatic nitrogens is 3. The van der Waals surface area contributed by atoms with Gasteiger partial charge in [-0.25, -0.2) is 8.42 Å². The number of carbonyl (C=O) groups excluding carboxylic acids is 1. The quantitative estimate of drug-likeness (QED) is 0.402. The zero-order valence-corrected chi connectivity index (χ0v) is 20.4. The molecule has 3 heterocycles. The van der Waals surface area contributed by atoms with Gasteiger partial charge in [0.05, 0.1) is 5.52 Å². The monoisotopic (exact) mass is 543 g/mol. The van der Waals surface area contributed by atoms with E-state index in [9.17, 15) is 13.2 Å². The van der Waals surface area contributed by atoms with Crippen LogP contribution in [0, 0.1) is 0 Å². The maximum atomic E-state index is 13.5. The number of pyridine rings is 1. The molecule has 2 aromatic heterocycles. The first-order valence-electron chi connectivity index (χ1n) is 10.2. The molecule has 1 atom stereocenters. The Morgan fingerprint density at radius 2 is 1.88 bits per heavy atom. The molecule has 1 amide bonds. The summed E-state index contributed by atoms with van der Waals surface area (Å²) in [6.45, 7) is 0.268. The predicted octanol–water partition coefficient (Wildman–Crippen LogP) is 4.31. The zero-order valence-electron chi connectivity index (χ0n) is 17.2. The number of carbonyl (C=O) groups is 1. The molecule has 1 N–H and O–H groups in total. The number of fused-ring (bicyclic) bond motifs is 1. The maximum Gasteiger partial charge on any atom is 0.245 e. The molecule has 1 saturated heterocycles. The summed E-state index contributed by atoms with van der Waals surface area (Å²) in [5.74, 6) is -0.414. The molecule has 5 rings (SSSR count). The fraction of sp³-hybridized carbons (Fsp3) is 0.182. The molecule has 11 heteroatoms. The van der Waals surface area contributed by atoms with Crippen LogP contribution in [0.25, 0.3) is 21.5 Å². The number of halogens is 1. The SMILES string of the molecule is O=C(Nc1nnc(-c2ccc(Br)cc2)s1)C1CCCN1S(=O)(=O)c1cccc2cccnc12. The Labute approximate surface area is 202 Å². The average molecular weight is 544 g/mol. The van der Waals surface area contributed by atoms with Crippen molar-refractivity contribution in [2.24, 2.45) is 0 Å². The first-order chi connectivity index (χ1) is 15.9. The van der Waals surface area contributed by atoms with E-state index in [-0.39, 0.29) is 11.4 Å². The molecule has 0 saturated carbocycles. The second kappa shape index (κ2) is 8.90. The van der Waals surface area contributed by atoms with Gasteiger partial charge in [0, 0.05) is 28.2 Å². The molecule has 33 heavy (non-hydrogen) atoms. The third-order valence-electron chi connectivity index (χ3n) is 5.43. The molecule has 1 unspecified atom stereocenters. The Morgan fingerprint density at radius 3 is 2.70 bits per heavy atom. The summed E-state index contributed by atoms with van der Waals surface area (Å²) in [5.41, 5.74) is 1.28. The van der Waals surface area contributed by atoms with Gasteiger partial charge in [-0.1, -0.05) is 57.6 Å². The number of anilines is 1. The minimum absolute atomic E-state index is 0.105. The van der Waals surface area contributed by atoms with Gasteiger partial charge in [-0.3, -0.25) is 15.1 Å². The molecular weight excluding hydrogens is 526 g/mol. The molecule has 0 radical (unpaired) electrons. The first-order valence-corrected chi connectivity index (χ1v) is 13.2. The summed E-state index contributed by atoms with van der Waals surface area (Å²) in [6, 6.07) is 15.4. The lowest BCUT2D eigenvalue weighted by Gasteiger charge is -2.23. The van der Waals surface area contributed by atoms with Crippen molar-refractivity contribution in [1.82, 2.24) is 19.5 Å². The van der Waals surface area contributed by atoms with Gasteiger partial charge < -0.3 is 0 Å². The summed E-state index contributed by atoms with van der Waals surface area (Å²) in [5, 5.41) is 12.7. The van der Waals surface area contributed by atoms with Crippen molar-refractivity contribution in [1.29, 1.82) is 0 Å². The summed E-state index contributed by atoms with van der Waals surface area (Å²) in [6.07, 6.45) is 2.59. The highest BCUT2D eigenvalue weighted by Crippen LogP contribution is 2.31. The highest BCUT2D eigenvalue weighted by Gasteiger charge is 2.40. The van der Waals surface area contributed by atoms with Crippen molar-refractivity contribution in [3.05, 3.63) is 65.3 Å². The fourth-order valence-electron chi connectivity index (χ4n) is 3.87. The Balaban J connectivity index is 1.38. The Hall–Kier alpha value is -2.73. The lowest BCUT2D eigenvalue weighted by molar-refractivity contribution is -0.119. The number of hydrogen-bond donors (Lipinski definition) is 1. The van der Waals surface area contributed by atoms with Crippen molar-refractivity contribution in [3.8, 4) is 10.6 Å². The largest absolute Gasteiger partial charge is 0.299 e. The van der Waals surface area contributed by atoms with Crippen LogP contribution in [-0.4, -0.2) is 46.4 Å². The van der Waals surface area contributed by atoms with E-state index in [2.05, 4.69) is 36.4 Å². The van der Waals surface area contributed by atoms with Gasteiger partial charge in [-0.2, -0.15) is 4.31 Å². The summed E-state index contributed by atoms with van der Waals surface area (Å²) < 4.78 is 29.2. The Morgan fingerprint density at radius 1 is 1.09 bits per heavy atom. The highest BCUT2D eigenvalue weighted by molar-refractivity contribution is 9.10. The van der Waals surface area contributed by atoms with Crippen LogP contribution in [0.1, 0.15) is 12.8 Å². The van der Waals surface area contributed by atoms with Crippen LogP contribution in [0.15, 0.2) is 70.2 Å². The van der Waals surface area contributed by atoms with E-state index in [0.717, 1.165) is 15.4 Å². The van der Waals surface area contributed by atoms with Crippen LogP contribution in [0.5, 0.6) is 0 Å². The van der Waals surface area contributed by atoms with Crippen LogP contribution in [0.3, 0.4) is 0 Å². The van der Waals surface area contributed by atoms with E-state index < -0.39 is 22.0 Å². The molecule has 1 aliphatic heterocycles. The standard InChI is InChI=1S/C22H18BrN5O3S2/c23-16-10-8-15(9-11-16)21-26-27-22(32-21)25-20(29)17-6-3-13-28(17)33(30,31)18-7-1-4-14-5-2-12-24-19(14)18/h1-2,4-5,7-12,17H,3,6,13H2,(H,25,27,29). The number of nitrogens with one attached hydrogen (secondary N) is 1. The van der Waals surface area contributed by atoms with Gasteiger partial charge >= 0.3 is 0 Å². The van der Waals surface area contributed by atoms with Gasteiger partial charge in [-0.05, 0) is 37.1 Å². The topological polar surface area (TPSA) is 105 Å². The number of benzene rings is 2. The van der Waals surface area contributed by atoms with E-state index in [0.29, 0.717) is 28.5 Å². The van der Waals surface area contributed by atoms with Crippen molar-refractivity contribution < 1.29 is 13.2 Å². The molecule has 1 fully saturated rings. The maximum absolute atomic E-state index is 13.5. The van der Waals surface area contributed by atoms with Crippen LogP contribution < -0.4 is 5.32 Å². The molecular formula is C22H18BrN5O3S2. The normalized spacial score (nSPS) is 16.8. The number of sulfonamides is 1. The van der Waals surface area contributed by atoms with E-state index in [1.54, 1.807) is 18.3 Å². The summed E-state index contributed by atoms with van der Waals surface area (Å²) in [4.78, 5) is 17.4. The molecule has 0 aliphatic carbocycles. The zero-order chi connectivity index (χ0) is 23.0. The second-order valence-corrected chi connectivity index (χ2v) is 11.3. The van der Waals surface area contributed by atoms with Gasteiger partial charge in [0.15, 0.2) is 0 Å². The third kappa shape index (κ3) is 4.29. The molecule has 2 aromatic carbocycles. The van der Waals surface area contributed by atoms with Crippen molar-refractivity contribution >= 4 is 59.2 Å². The first kappa shape index (κ1) is 22.1. The lowest BCUT2D eigenvalue weighted by Crippen LogP contribution is -2.43. The van der Waals surface area contributed by atoms with E-state index in [4.69, 9.17) is 0 Å². The van der Waals surface area contributed by atoms with Gasteiger partial charge in [-0.15, -0.1) is 10.2 Å². The number of rotatable bonds is 5. The van der Waals surface area contributed by atoms with Crippen molar-refractivity contribution in [3.63, 3.8) is 0 Å². The van der Waals surface area contributed by atoms with Crippen LogP contribution in [0.4, 0.5) is 5.13 Å². The highest BCUT2D eigenvalue weighted by atomic mass is 79.9. The molecule has 8 nitrogen and oxygen atoms in total. The fourth-order valence-corrected chi connectivity index (χ4v) is 6.71. The minimum Gasteiger partial charge on any atom is -0.299 e. The van der Waals surface area contributed by atoms with Crippen molar-refractivity contribution in [2.75, 3.05) is 11.9 Å². The van der Waals surface area contributed by atoms with E-state index >= 15 is 0 Å². The second-order valence-electron chi connectivity index (χ2n) is 7.51. The number of hydrogen-bond acceptors (Lipinski definition) is 7. The van der Waals surface area contributed by atoms with Crippen LogP contribution >= 0.6 is 27.3 Å². The van der Waals surface area contributed by atoms with Gasteiger partial charge in [0.2, 0.25) is 21.1 Å². The smallest absolute Gasteiger partial charge is 0.245 e. The predicted molar refractivity (Wildman–Crippen MR) is 130 cm³/mol. The van der Waals surface area contributed by atoms with Crippen LogP contribution in [0.2, 0.25) is 0 Å². The molecule has 0 spiro atoms. The van der Waals surface area contributed by atoms with Crippen molar-refractivity contribution in [2.45, 2.75) is 23.8 Å². The van der Waals surface area contributed by atoms with Crippen LogP contribution in [-0.2, 0) is 14.8 Å². The van der Waals surface area contributed by atoms with Gasteiger partial charge in [0.25, 0.3) is 0 Å². The molecule has 0 bridgehead atoms. The Kier molecular flexibility index (Phi) is 5.95. The minimum atomic E-state index is -3.92. The molecule has 1 aliphatic rings. The number of amides is 1.